The maximum atomic E-state index is 12.6. The van der Waals surface area contributed by atoms with Crippen LogP contribution in [0.4, 0.5) is 0 Å². The molecule has 0 spiro atoms. The number of carbonyl (C=O) groups excluding carboxylic acids is 1. The van der Waals surface area contributed by atoms with E-state index in [2.05, 4.69) is 39.2 Å². The molecule has 0 atom stereocenters. The third-order valence-electron chi connectivity index (χ3n) is 5.03. The van der Waals surface area contributed by atoms with Crippen molar-refractivity contribution in [3.8, 4) is 23.7 Å². The Kier molecular flexibility index (Phi) is 7.33. The summed E-state index contributed by atoms with van der Waals surface area (Å²) in [5.41, 5.74) is 2.33. The summed E-state index contributed by atoms with van der Waals surface area (Å²) in [5.74, 6) is 6.64. The smallest absolute Gasteiger partial charge is 0.251 e. The van der Waals surface area contributed by atoms with Gasteiger partial charge in [-0.2, -0.15) is 5.26 Å². The molecule has 29 heavy (non-hydrogen) atoms. The van der Waals surface area contributed by atoms with Crippen molar-refractivity contribution in [2.45, 2.75) is 51.2 Å². The fourth-order valence-corrected chi connectivity index (χ4v) is 3.91. The first-order chi connectivity index (χ1) is 14.1. The highest BCUT2D eigenvalue weighted by Crippen LogP contribution is 2.27. The van der Waals surface area contributed by atoms with Gasteiger partial charge < -0.3 is 10.1 Å². The number of amides is 1. The first-order valence-corrected chi connectivity index (χ1v) is 10.5. The number of hydrogen-bond donors (Lipinski definition) is 1. The van der Waals surface area contributed by atoms with Crippen LogP contribution in [0.2, 0.25) is 0 Å². The second-order valence-corrected chi connectivity index (χ2v) is 7.98. The van der Waals surface area contributed by atoms with Crippen molar-refractivity contribution < 1.29 is 9.53 Å². The van der Waals surface area contributed by atoms with Gasteiger partial charge in [-0.3, -0.25) is 4.79 Å². The summed E-state index contributed by atoms with van der Waals surface area (Å²) in [4.78, 5) is 12.6. The van der Waals surface area contributed by atoms with Crippen LogP contribution in [0.25, 0.3) is 0 Å². The first kappa shape index (κ1) is 21.0. The summed E-state index contributed by atoms with van der Waals surface area (Å²) in [6, 6.07) is 15.4. The van der Waals surface area contributed by atoms with Crippen LogP contribution in [-0.4, -0.2) is 18.1 Å². The minimum Gasteiger partial charge on any atom is -0.490 e. The molecule has 1 fully saturated rings. The summed E-state index contributed by atoms with van der Waals surface area (Å²) < 4.78 is 6.80. The zero-order chi connectivity index (χ0) is 20.6. The molecule has 1 aliphatic carbocycles. The lowest BCUT2D eigenvalue weighted by molar-refractivity contribution is 0.0894. The van der Waals surface area contributed by atoms with E-state index in [4.69, 9.17) is 10.00 Å². The van der Waals surface area contributed by atoms with Crippen molar-refractivity contribution in [2.75, 3.05) is 0 Å². The van der Waals surface area contributed by atoms with Crippen LogP contribution in [0, 0.1) is 23.2 Å². The van der Waals surface area contributed by atoms with Crippen LogP contribution in [0.1, 0.15) is 54.1 Å². The topological polar surface area (TPSA) is 62.1 Å². The fraction of sp³-hybridized carbons (Fsp3) is 0.333. The molecular formula is C24H23BrN2O2. The maximum absolute atomic E-state index is 12.6. The summed E-state index contributed by atoms with van der Waals surface area (Å²) in [6.45, 7) is 1.82. The van der Waals surface area contributed by atoms with E-state index in [1.807, 2.05) is 43.3 Å². The van der Waals surface area contributed by atoms with E-state index in [1.54, 1.807) is 6.07 Å². The molecule has 1 N–H and O–H groups in total. The van der Waals surface area contributed by atoms with Gasteiger partial charge in [-0.15, -0.1) is 5.92 Å². The minimum absolute atomic E-state index is 0.0308. The number of nitrogens with one attached hydrogen (secondary N) is 1. The molecule has 4 nitrogen and oxygen atoms in total. The highest BCUT2D eigenvalue weighted by Gasteiger charge is 2.24. The van der Waals surface area contributed by atoms with Crippen LogP contribution >= 0.6 is 15.9 Å². The zero-order valence-electron chi connectivity index (χ0n) is 16.4. The summed E-state index contributed by atoms with van der Waals surface area (Å²) in [5, 5.41) is 12.2. The third kappa shape index (κ3) is 5.86. The van der Waals surface area contributed by atoms with Crippen molar-refractivity contribution >= 4 is 21.8 Å². The molecule has 0 heterocycles. The van der Waals surface area contributed by atoms with Gasteiger partial charge in [0.1, 0.15) is 11.8 Å². The number of halogens is 1. The summed E-state index contributed by atoms with van der Waals surface area (Å²) >= 11 is 3.39. The highest BCUT2D eigenvalue weighted by atomic mass is 79.9. The molecule has 148 valence electrons. The monoisotopic (exact) mass is 450 g/mol. The van der Waals surface area contributed by atoms with Crippen molar-refractivity contribution in [3.63, 3.8) is 0 Å². The third-order valence-corrected chi connectivity index (χ3v) is 5.69. The van der Waals surface area contributed by atoms with Gasteiger partial charge in [-0.05, 0) is 84.4 Å². The predicted molar refractivity (Wildman–Crippen MR) is 117 cm³/mol. The van der Waals surface area contributed by atoms with Gasteiger partial charge >= 0.3 is 0 Å². The van der Waals surface area contributed by atoms with Gasteiger partial charge in [0.15, 0.2) is 0 Å². The predicted octanol–water partition coefficient (Wildman–Crippen LogP) is 5.01. The lowest BCUT2D eigenvalue weighted by atomic mass is 9.92. The standard InChI is InChI=1S/C24H23BrN2O2/c1-2-3-5-17-6-4-7-18(14-17)24(28)27-20-9-12-21(13-10-20)29-22-11-8-19(16-26)23(25)15-22/h4,6-8,11,14-15,20-21H,5,9-10,12-13H2,1H3,(H,27,28)/t20-,21-. The number of rotatable bonds is 5. The fourth-order valence-electron chi connectivity index (χ4n) is 3.46. The summed E-state index contributed by atoms with van der Waals surface area (Å²) in [6.07, 6.45) is 4.32. The van der Waals surface area contributed by atoms with Crippen LogP contribution in [0.3, 0.4) is 0 Å². The van der Waals surface area contributed by atoms with Crippen molar-refractivity contribution in [1.29, 1.82) is 5.26 Å². The second kappa shape index (κ2) is 10.1. The van der Waals surface area contributed by atoms with E-state index in [1.165, 1.54) is 0 Å². The lowest BCUT2D eigenvalue weighted by Gasteiger charge is -2.29. The number of hydrogen-bond acceptors (Lipinski definition) is 3. The van der Waals surface area contributed by atoms with E-state index < -0.39 is 0 Å². The molecule has 0 aromatic heterocycles. The summed E-state index contributed by atoms with van der Waals surface area (Å²) in [7, 11) is 0. The quantitative estimate of drug-likeness (QED) is 0.651. The zero-order valence-corrected chi connectivity index (χ0v) is 18.0. The molecule has 1 saturated carbocycles. The minimum atomic E-state index is -0.0308. The second-order valence-electron chi connectivity index (χ2n) is 7.12. The molecular weight excluding hydrogens is 428 g/mol. The maximum Gasteiger partial charge on any atom is 0.251 e. The Bertz CT molecular complexity index is 976. The number of nitriles is 1. The van der Waals surface area contributed by atoms with Crippen molar-refractivity contribution in [1.82, 2.24) is 5.32 Å². The largest absolute Gasteiger partial charge is 0.490 e. The molecule has 0 unspecified atom stereocenters. The van der Waals surface area contributed by atoms with Crippen LogP contribution in [0.15, 0.2) is 46.9 Å². The lowest BCUT2D eigenvalue weighted by Crippen LogP contribution is -2.39. The Morgan fingerprint density at radius 1 is 1.21 bits per heavy atom. The average molecular weight is 451 g/mol. The van der Waals surface area contributed by atoms with Crippen LogP contribution < -0.4 is 10.1 Å². The van der Waals surface area contributed by atoms with Crippen LogP contribution in [0.5, 0.6) is 5.75 Å². The van der Waals surface area contributed by atoms with E-state index in [0.29, 0.717) is 17.5 Å². The molecule has 2 aromatic carbocycles. The molecule has 1 amide bonds. The highest BCUT2D eigenvalue weighted by molar-refractivity contribution is 9.10. The normalized spacial score (nSPS) is 18.1. The van der Waals surface area contributed by atoms with Crippen molar-refractivity contribution in [2.24, 2.45) is 0 Å². The Hall–Kier alpha value is -2.76. The molecule has 1 aliphatic rings. The number of benzene rings is 2. The van der Waals surface area contributed by atoms with Crippen LogP contribution in [-0.2, 0) is 6.42 Å². The number of ether oxygens (including phenoxy) is 1. The van der Waals surface area contributed by atoms with Gasteiger partial charge in [0.05, 0.1) is 11.7 Å². The van der Waals surface area contributed by atoms with E-state index >= 15 is 0 Å². The molecule has 0 radical (unpaired) electrons. The first-order valence-electron chi connectivity index (χ1n) is 9.74. The molecule has 3 rings (SSSR count). The van der Waals surface area contributed by atoms with Gasteiger partial charge in [-0.1, -0.05) is 18.1 Å². The Morgan fingerprint density at radius 3 is 2.69 bits per heavy atom. The molecule has 0 bridgehead atoms. The number of nitrogens with zero attached hydrogens (tertiary/aromatic N) is 1. The SMILES string of the molecule is CC#CCc1cccc(C(=O)N[C@H]2CC[C@H](Oc3ccc(C#N)c(Br)c3)CC2)c1. The molecule has 0 saturated heterocycles. The van der Waals surface area contributed by atoms with Gasteiger partial charge in [0, 0.05) is 22.5 Å². The number of carbonyl (C=O) groups is 1. The van der Waals surface area contributed by atoms with E-state index in [0.717, 1.165) is 41.5 Å². The van der Waals surface area contributed by atoms with E-state index in [-0.39, 0.29) is 18.1 Å². The molecule has 5 heteroatoms. The molecule has 0 aliphatic heterocycles. The Balaban J connectivity index is 1.50. The Morgan fingerprint density at radius 2 is 2.00 bits per heavy atom. The van der Waals surface area contributed by atoms with Gasteiger partial charge in [0.2, 0.25) is 0 Å². The Labute approximate surface area is 180 Å². The van der Waals surface area contributed by atoms with Gasteiger partial charge in [0.25, 0.3) is 5.91 Å². The van der Waals surface area contributed by atoms with Gasteiger partial charge in [-0.25, -0.2) is 0 Å². The average Bonchev–Trinajstić information content (AvgIpc) is 2.74. The molecule has 2 aromatic rings. The van der Waals surface area contributed by atoms with Crippen molar-refractivity contribution in [3.05, 3.63) is 63.6 Å². The van der Waals surface area contributed by atoms with E-state index in [9.17, 15) is 4.79 Å².